The van der Waals surface area contributed by atoms with Gasteiger partial charge in [-0.15, -0.1) is 0 Å². The lowest BCUT2D eigenvalue weighted by atomic mass is 9.94. The Morgan fingerprint density at radius 1 is 1.09 bits per heavy atom. The van der Waals surface area contributed by atoms with Crippen LogP contribution in [0.1, 0.15) is 36.2 Å². The Labute approximate surface area is 188 Å². The molecular formula is C21H21ClF4N2O3S. The number of alkyl halides is 3. The number of benzene rings is 2. The van der Waals surface area contributed by atoms with E-state index in [9.17, 15) is 30.8 Å². The Morgan fingerprint density at radius 3 is 2.31 bits per heavy atom. The van der Waals surface area contributed by atoms with Gasteiger partial charge in [-0.3, -0.25) is 4.79 Å². The Kier molecular flexibility index (Phi) is 6.88. The van der Waals surface area contributed by atoms with E-state index in [1.54, 1.807) is 0 Å². The molecule has 2 aromatic carbocycles. The van der Waals surface area contributed by atoms with E-state index in [-0.39, 0.29) is 27.4 Å². The average molecular weight is 493 g/mol. The van der Waals surface area contributed by atoms with E-state index in [1.165, 1.54) is 4.31 Å². The molecule has 174 valence electrons. The molecule has 0 aromatic heterocycles. The molecule has 0 bridgehead atoms. The van der Waals surface area contributed by atoms with Crippen LogP contribution in [0.2, 0.25) is 5.02 Å². The molecule has 0 spiro atoms. The fourth-order valence-electron chi connectivity index (χ4n) is 3.78. The smallest absolute Gasteiger partial charge is 0.321 e. The Bertz CT molecular complexity index is 1130. The number of carbonyl (C=O) groups is 1. The second-order valence-electron chi connectivity index (χ2n) is 8.06. The standard InChI is InChI=1S/C21H21ClF4N2O3S/c1-12-7-13(2)11-28(10-12)32(30,31)15-4-6-18(23)16(9-15)20(29)27-19-8-14(21(24,25)26)3-5-17(19)22/h3-6,8-9,12-13H,7,10-11H2,1-2H3,(H,27,29)/t12-,13-/m0/s1. The van der Waals surface area contributed by atoms with Crippen molar-refractivity contribution in [2.75, 3.05) is 18.4 Å². The van der Waals surface area contributed by atoms with Crippen molar-refractivity contribution in [2.45, 2.75) is 31.3 Å². The number of hydrogen-bond acceptors (Lipinski definition) is 3. The lowest BCUT2D eigenvalue weighted by molar-refractivity contribution is -0.137. The maximum atomic E-state index is 14.4. The molecule has 2 atom stereocenters. The molecule has 11 heteroatoms. The van der Waals surface area contributed by atoms with E-state index in [1.807, 2.05) is 13.8 Å². The highest BCUT2D eigenvalue weighted by atomic mass is 35.5. The van der Waals surface area contributed by atoms with Crippen molar-refractivity contribution in [1.29, 1.82) is 0 Å². The van der Waals surface area contributed by atoms with Crippen LogP contribution < -0.4 is 5.32 Å². The largest absolute Gasteiger partial charge is 0.416 e. The highest BCUT2D eigenvalue weighted by molar-refractivity contribution is 7.89. The van der Waals surface area contributed by atoms with Crippen LogP contribution in [0.5, 0.6) is 0 Å². The van der Waals surface area contributed by atoms with Crippen LogP contribution in [0.25, 0.3) is 0 Å². The van der Waals surface area contributed by atoms with E-state index in [4.69, 9.17) is 11.6 Å². The van der Waals surface area contributed by atoms with Gasteiger partial charge >= 0.3 is 6.18 Å². The maximum Gasteiger partial charge on any atom is 0.416 e. The minimum atomic E-state index is -4.67. The minimum Gasteiger partial charge on any atom is -0.321 e. The van der Waals surface area contributed by atoms with Crippen molar-refractivity contribution >= 4 is 33.2 Å². The van der Waals surface area contributed by atoms with Gasteiger partial charge in [0.25, 0.3) is 5.91 Å². The number of nitrogens with one attached hydrogen (secondary N) is 1. The number of halogens is 5. The van der Waals surface area contributed by atoms with Gasteiger partial charge < -0.3 is 5.32 Å². The molecule has 1 N–H and O–H groups in total. The molecule has 32 heavy (non-hydrogen) atoms. The van der Waals surface area contributed by atoms with Gasteiger partial charge in [-0.2, -0.15) is 17.5 Å². The van der Waals surface area contributed by atoms with Gasteiger partial charge in [0.1, 0.15) is 5.82 Å². The van der Waals surface area contributed by atoms with Crippen molar-refractivity contribution < 1.29 is 30.8 Å². The van der Waals surface area contributed by atoms with Gasteiger partial charge in [-0.25, -0.2) is 12.8 Å². The second kappa shape index (κ2) is 8.99. The van der Waals surface area contributed by atoms with Crippen molar-refractivity contribution in [3.63, 3.8) is 0 Å². The first kappa shape index (κ1) is 24.5. The zero-order valence-electron chi connectivity index (χ0n) is 17.2. The molecule has 1 amide bonds. The summed E-state index contributed by atoms with van der Waals surface area (Å²) >= 11 is 5.87. The molecule has 0 aliphatic carbocycles. The highest BCUT2D eigenvalue weighted by Crippen LogP contribution is 2.34. The average Bonchev–Trinajstić information content (AvgIpc) is 2.68. The molecule has 1 aliphatic rings. The van der Waals surface area contributed by atoms with E-state index in [0.29, 0.717) is 19.2 Å². The number of amides is 1. The van der Waals surface area contributed by atoms with E-state index >= 15 is 0 Å². The van der Waals surface area contributed by atoms with E-state index in [0.717, 1.165) is 36.8 Å². The summed E-state index contributed by atoms with van der Waals surface area (Å²) in [6.45, 7) is 4.46. The van der Waals surface area contributed by atoms with Crippen LogP contribution >= 0.6 is 11.6 Å². The fourth-order valence-corrected chi connectivity index (χ4v) is 5.65. The number of nitrogens with zero attached hydrogens (tertiary/aromatic N) is 1. The van der Waals surface area contributed by atoms with E-state index in [2.05, 4.69) is 5.32 Å². The molecule has 1 fully saturated rings. The number of carbonyl (C=O) groups excluding carboxylic acids is 1. The first-order valence-electron chi connectivity index (χ1n) is 9.77. The van der Waals surface area contributed by atoms with Crippen molar-refractivity contribution in [3.8, 4) is 0 Å². The van der Waals surface area contributed by atoms with Gasteiger partial charge in [-0.05, 0) is 54.7 Å². The van der Waals surface area contributed by atoms with Crippen molar-refractivity contribution in [2.24, 2.45) is 11.8 Å². The molecular weight excluding hydrogens is 472 g/mol. The van der Waals surface area contributed by atoms with Gasteiger partial charge in [0.2, 0.25) is 10.0 Å². The van der Waals surface area contributed by atoms with Gasteiger partial charge in [0.05, 0.1) is 26.7 Å². The minimum absolute atomic E-state index is 0.139. The Balaban J connectivity index is 1.92. The maximum absolute atomic E-state index is 14.4. The SMILES string of the molecule is C[C@H]1C[C@H](C)CN(S(=O)(=O)c2ccc(F)c(C(=O)Nc3cc(C(F)(F)F)ccc3Cl)c2)C1. The number of rotatable bonds is 4. The van der Waals surface area contributed by atoms with Crippen molar-refractivity contribution in [3.05, 3.63) is 58.4 Å². The lowest BCUT2D eigenvalue weighted by Crippen LogP contribution is -2.42. The molecule has 0 radical (unpaired) electrons. The van der Waals surface area contributed by atoms with Crippen LogP contribution in [0.4, 0.5) is 23.2 Å². The summed E-state index contributed by atoms with van der Waals surface area (Å²) in [6.07, 6.45) is -3.80. The van der Waals surface area contributed by atoms with Crippen LogP contribution in [0.3, 0.4) is 0 Å². The van der Waals surface area contributed by atoms with Gasteiger partial charge in [0.15, 0.2) is 0 Å². The summed E-state index contributed by atoms with van der Waals surface area (Å²) in [6, 6.07) is 5.10. The topological polar surface area (TPSA) is 66.5 Å². The predicted molar refractivity (Wildman–Crippen MR) is 113 cm³/mol. The summed E-state index contributed by atoms with van der Waals surface area (Å²) < 4.78 is 80.6. The summed E-state index contributed by atoms with van der Waals surface area (Å²) in [5.41, 5.74) is -2.06. The molecule has 1 heterocycles. The number of anilines is 1. The second-order valence-corrected chi connectivity index (χ2v) is 10.4. The van der Waals surface area contributed by atoms with Crippen LogP contribution in [-0.2, 0) is 16.2 Å². The number of sulfonamides is 1. The summed E-state index contributed by atoms with van der Waals surface area (Å²) in [7, 11) is -4.00. The molecule has 0 saturated carbocycles. The molecule has 5 nitrogen and oxygen atoms in total. The van der Waals surface area contributed by atoms with Crippen molar-refractivity contribution in [1.82, 2.24) is 4.31 Å². The molecule has 0 unspecified atom stereocenters. The molecule has 1 aliphatic heterocycles. The third-order valence-electron chi connectivity index (χ3n) is 5.20. The van der Waals surface area contributed by atoms with Crippen LogP contribution in [0.15, 0.2) is 41.3 Å². The molecule has 3 rings (SSSR count). The summed E-state index contributed by atoms with van der Waals surface area (Å²) in [5, 5.41) is 1.94. The monoisotopic (exact) mass is 492 g/mol. The third-order valence-corrected chi connectivity index (χ3v) is 7.35. The Morgan fingerprint density at radius 2 is 1.72 bits per heavy atom. The van der Waals surface area contributed by atoms with Crippen LogP contribution in [-0.4, -0.2) is 31.7 Å². The molecule has 2 aromatic rings. The third kappa shape index (κ3) is 5.24. The van der Waals surface area contributed by atoms with E-state index < -0.39 is 39.1 Å². The van der Waals surface area contributed by atoms with Crippen LogP contribution in [0, 0.1) is 17.7 Å². The first-order chi connectivity index (χ1) is 14.8. The first-order valence-corrected chi connectivity index (χ1v) is 11.6. The zero-order chi connectivity index (χ0) is 23.8. The Hall–Kier alpha value is -2.17. The lowest BCUT2D eigenvalue weighted by Gasteiger charge is -2.34. The summed E-state index contributed by atoms with van der Waals surface area (Å²) in [5.74, 6) is -1.87. The van der Waals surface area contributed by atoms with Gasteiger partial charge in [-0.1, -0.05) is 25.4 Å². The number of piperidine rings is 1. The highest BCUT2D eigenvalue weighted by Gasteiger charge is 2.33. The quantitative estimate of drug-likeness (QED) is 0.580. The van der Waals surface area contributed by atoms with Gasteiger partial charge in [0, 0.05) is 13.1 Å². The summed E-state index contributed by atoms with van der Waals surface area (Å²) in [4.78, 5) is 12.3. The number of hydrogen-bond donors (Lipinski definition) is 1. The normalized spacial score (nSPS) is 20.2. The predicted octanol–water partition coefficient (Wildman–Crippen LogP) is 5.42. The fraction of sp³-hybridized carbons (Fsp3) is 0.381. The molecule has 1 saturated heterocycles. The zero-order valence-corrected chi connectivity index (χ0v) is 18.8.